The van der Waals surface area contributed by atoms with Gasteiger partial charge in [0.05, 0.1) is 6.21 Å². The molecule has 1 amide bonds. The number of nitrogens with one attached hydrogen (secondary N) is 3. The first-order valence-electron chi connectivity index (χ1n) is 7.47. The predicted octanol–water partition coefficient (Wildman–Crippen LogP) is 2.02. The molecule has 7 heteroatoms. The zero-order chi connectivity index (χ0) is 16.9. The van der Waals surface area contributed by atoms with Gasteiger partial charge in [0.1, 0.15) is 17.7 Å². The molecule has 2 aromatic rings. The second kappa shape index (κ2) is 7.29. The summed E-state index contributed by atoms with van der Waals surface area (Å²) in [5.74, 6) is -0.913. The summed E-state index contributed by atoms with van der Waals surface area (Å²) in [5.41, 5.74) is 9.93. The molecule has 2 atom stereocenters. The van der Waals surface area contributed by atoms with Crippen LogP contribution in [0.25, 0.3) is 0 Å². The standard InChI is InChI=1S/C17H16F2N4O/c18-13-5-1-11(2-6-13)10-20-23-17(24)16-9-15(21-22-16)12-3-7-14(19)8-4-12/h1-8,10,15-16,21-22H,9H2,(H,23,24)/b20-10+. The number of nitrogens with zero attached hydrogens (tertiary/aromatic N) is 1. The molecule has 3 N–H and O–H groups in total. The summed E-state index contributed by atoms with van der Waals surface area (Å²) in [6.07, 6.45) is 1.96. The van der Waals surface area contributed by atoms with Gasteiger partial charge in [0.25, 0.3) is 5.91 Å². The summed E-state index contributed by atoms with van der Waals surface area (Å²) in [5, 5.41) is 3.86. The van der Waals surface area contributed by atoms with Gasteiger partial charge >= 0.3 is 0 Å². The highest BCUT2D eigenvalue weighted by Gasteiger charge is 2.29. The molecule has 2 unspecified atom stereocenters. The Morgan fingerprint density at radius 1 is 1.04 bits per heavy atom. The number of halogens is 2. The third-order valence-corrected chi connectivity index (χ3v) is 3.75. The highest BCUT2D eigenvalue weighted by atomic mass is 19.1. The van der Waals surface area contributed by atoms with E-state index in [1.54, 1.807) is 24.3 Å². The number of carbonyl (C=O) groups excluding carboxylic acids is 1. The van der Waals surface area contributed by atoms with Crippen LogP contribution in [0, 0.1) is 11.6 Å². The van der Waals surface area contributed by atoms with E-state index in [0.717, 1.165) is 5.56 Å². The van der Waals surface area contributed by atoms with Crippen LogP contribution in [0.15, 0.2) is 53.6 Å². The summed E-state index contributed by atoms with van der Waals surface area (Å²) >= 11 is 0. The Kier molecular flexibility index (Phi) is 4.93. The molecule has 1 heterocycles. The van der Waals surface area contributed by atoms with Crippen LogP contribution in [0.1, 0.15) is 23.6 Å². The molecule has 0 spiro atoms. The number of benzene rings is 2. The average molecular weight is 330 g/mol. The molecule has 1 aliphatic rings. The highest BCUT2D eigenvalue weighted by molar-refractivity contribution is 5.85. The van der Waals surface area contributed by atoms with Crippen molar-refractivity contribution in [2.75, 3.05) is 0 Å². The Bertz CT molecular complexity index is 731. The van der Waals surface area contributed by atoms with Gasteiger partial charge in [-0.25, -0.2) is 25.1 Å². The third kappa shape index (κ3) is 4.01. The number of hydrogen-bond acceptors (Lipinski definition) is 4. The number of hydrogen-bond donors (Lipinski definition) is 3. The Hall–Kier alpha value is -2.64. The van der Waals surface area contributed by atoms with Crippen LogP contribution in [-0.2, 0) is 4.79 Å². The fourth-order valence-electron chi connectivity index (χ4n) is 2.44. The Balaban J connectivity index is 1.52. The van der Waals surface area contributed by atoms with Crippen molar-refractivity contribution in [2.24, 2.45) is 5.10 Å². The largest absolute Gasteiger partial charge is 0.271 e. The smallest absolute Gasteiger partial charge is 0.258 e. The van der Waals surface area contributed by atoms with Crippen molar-refractivity contribution in [2.45, 2.75) is 18.5 Å². The molecule has 1 fully saturated rings. The average Bonchev–Trinajstić information content (AvgIpc) is 3.07. The maximum Gasteiger partial charge on any atom is 0.258 e. The van der Waals surface area contributed by atoms with Crippen molar-refractivity contribution >= 4 is 12.1 Å². The van der Waals surface area contributed by atoms with Crippen molar-refractivity contribution in [3.8, 4) is 0 Å². The highest BCUT2D eigenvalue weighted by Crippen LogP contribution is 2.22. The molecule has 3 rings (SSSR count). The quantitative estimate of drug-likeness (QED) is 0.594. The minimum atomic E-state index is -0.453. The molecular formula is C17H16F2N4O. The monoisotopic (exact) mass is 330 g/mol. The maximum atomic E-state index is 12.9. The predicted molar refractivity (Wildman–Crippen MR) is 86.0 cm³/mol. The van der Waals surface area contributed by atoms with Gasteiger partial charge in [-0.1, -0.05) is 24.3 Å². The van der Waals surface area contributed by atoms with Gasteiger partial charge in [-0.3, -0.25) is 4.79 Å². The van der Waals surface area contributed by atoms with Crippen LogP contribution < -0.4 is 16.3 Å². The van der Waals surface area contributed by atoms with Gasteiger partial charge in [-0.2, -0.15) is 5.10 Å². The van der Waals surface area contributed by atoms with Crippen LogP contribution in [0.4, 0.5) is 8.78 Å². The van der Waals surface area contributed by atoms with E-state index in [0.29, 0.717) is 12.0 Å². The van der Waals surface area contributed by atoms with Crippen molar-refractivity contribution in [1.29, 1.82) is 0 Å². The normalized spacial score (nSPS) is 20.4. The first kappa shape index (κ1) is 16.2. The molecule has 0 aromatic heterocycles. The summed E-state index contributed by atoms with van der Waals surface area (Å²) in [6, 6.07) is 11.4. The fraction of sp³-hybridized carbons (Fsp3) is 0.176. The van der Waals surface area contributed by atoms with E-state index >= 15 is 0 Å². The summed E-state index contributed by atoms with van der Waals surface area (Å²) in [7, 11) is 0. The molecule has 0 bridgehead atoms. The molecule has 0 radical (unpaired) electrons. The van der Waals surface area contributed by atoms with E-state index in [4.69, 9.17) is 0 Å². The van der Waals surface area contributed by atoms with Crippen molar-refractivity contribution in [3.63, 3.8) is 0 Å². The summed E-state index contributed by atoms with van der Waals surface area (Å²) in [4.78, 5) is 12.1. The molecule has 1 saturated heterocycles. The molecule has 0 saturated carbocycles. The zero-order valence-electron chi connectivity index (χ0n) is 12.7. The Morgan fingerprint density at radius 2 is 1.67 bits per heavy atom. The van der Waals surface area contributed by atoms with Gasteiger partial charge in [0, 0.05) is 6.04 Å². The molecule has 5 nitrogen and oxygen atoms in total. The molecule has 124 valence electrons. The summed E-state index contributed by atoms with van der Waals surface area (Å²) in [6.45, 7) is 0. The second-order valence-electron chi connectivity index (χ2n) is 5.47. The lowest BCUT2D eigenvalue weighted by Gasteiger charge is -2.09. The molecular weight excluding hydrogens is 314 g/mol. The fourth-order valence-corrected chi connectivity index (χ4v) is 2.44. The first-order valence-corrected chi connectivity index (χ1v) is 7.47. The Labute approximate surface area is 137 Å². The second-order valence-corrected chi connectivity index (χ2v) is 5.47. The lowest BCUT2D eigenvalue weighted by atomic mass is 10.0. The number of amides is 1. The number of hydrazone groups is 1. The number of hydrazine groups is 1. The summed E-state index contributed by atoms with van der Waals surface area (Å²) < 4.78 is 25.7. The van der Waals surface area contributed by atoms with E-state index < -0.39 is 6.04 Å². The van der Waals surface area contributed by atoms with Crippen molar-refractivity contribution in [1.82, 2.24) is 16.3 Å². The van der Waals surface area contributed by atoms with E-state index in [1.165, 1.54) is 30.5 Å². The lowest BCUT2D eigenvalue weighted by Crippen LogP contribution is -2.41. The topological polar surface area (TPSA) is 65.5 Å². The van der Waals surface area contributed by atoms with Crippen LogP contribution in [0.5, 0.6) is 0 Å². The van der Waals surface area contributed by atoms with Crippen molar-refractivity contribution in [3.05, 3.63) is 71.3 Å². The van der Waals surface area contributed by atoms with Crippen LogP contribution in [0.2, 0.25) is 0 Å². The third-order valence-electron chi connectivity index (χ3n) is 3.75. The van der Waals surface area contributed by atoms with Gasteiger partial charge in [0.15, 0.2) is 0 Å². The minimum Gasteiger partial charge on any atom is -0.271 e. The van der Waals surface area contributed by atoms with Crippen LogP contribution in [-0.4, -0.2) is 18.2 Å². The molecule has 24 heavy (non-hydrogen) atoms. The molecule has 2 aromatic carbocycles. The van der Waals surface area contributed by atoms with E-state index in [1.807, 2.05) is 0 Å². The van der Waals surface area contributed by atoms with Crippen LogP contribution >= 0.6 is 0 Å². The van der Waals surface area contributed by atoms with Gasteiger partial charge in [-0.15, -0.1) is 0 Å². The van der Waals surface area contributed by atoms with E-state index in [-0.39, 0.29) is 23.6 Å². The van der Waals surface area contributed by atoms with E-state index in [9.17, 15) is 13.6 Å². The lowest BCUT2D eigenvalue weighted by molar-refractivity contribution is -0.122. The number of rotatable bonds is 4. The zero-order valence-corrected chi connectivity index (χ0v) is 12.7. The first-order chi connectivity index (χ1) is 11.6. The molecule has 1 aliphatic heterocycles. The number of carbonyl (C=O) groups is 1. The molecule has 0 aliphatic carbocycles. The Morgan fingerprint density at radius 3 is 2.33 bits per heavy atom. The van der Waals surface area contributed by atoms with Crippen LogP contribution in [0.3, 0.4) is 0 Å². The minimum absolute atomic E-state index is 0.0811. The van der Waals surface area contributed by atoms with Gasteiger partial charge in [0.2, 0.25) is 0 Å². The van der Waals surface area contributed by atoms with Gasteiger partial charge < -0.3 is 0 Å². The van der Waals surface area contributed by atoms with Crippen molar-refractivity contribution < 1.29 is 13.6 Å². The SMILES string of the molecule is O=C(N/N=C/c1ccc(F)cc1)C1CC(c2ccc(F)cc2)NN1. The van der Waals surface area contributed by atoms with E-state index in [2.05, 4.69) is 21.4 Å². The van der Waals surface area contributed by atoms with Gasteiger partial charge in [-0.05, 0) is 41.8 Å². The maximum absolute atomic E-state index is 12.9.